The van der Waals surface area contributed by atoms with Crippen LogP contribution in [0.25, 0.3) is 11.0 Å². The molecule has 1 heterocycles. The summed E-state index contributed by atoms with van der Waals surface area (Å²) in [5.74, 6) is 0.171. The first kappa shape index (κ1) is 14.1. The predicted octanol–water partition coefficient (Wildman–Crippen LogP) is 2.96. The van der Waals surface area contributed by atoms with Gasteiger partial charge in [0.15, 0.2) is 5.76 Å². The predicted molar refractivity (Wildman–Crippen MR) is 77.3 cm³/mol. The molecule has 0 unspecified atom stereocenters. The molecule has 5 heteroatoms. The van der Waals surface area contributed by atoms with Crippen LogP contribution in [0.1, 0.15) is 23.0 Å². The number of nitrogens with zero attached hydrogens (tertiary/aromatic N) is 1. The van der Waals surface area contributed by atoms with E-state index < -0.39 is 0 Å². The highest BCUT2D eigenvalue weighted by Crippen LogP contribution is 2.28. The highest BCUT2D eigenvalue weighted by atomic mass is 79.9. The van der Waals surface area contributed by atoms with Gasteiger partial charge in [-0.25, -0.2) is 0 Å². The maximum Gasteiger partial charge on any atom is 0.289 e. The fourth-order valence-corrected chi connectivity index (χ4v) is 2.43. The first-order valence-electron chi connectivity index (χ1n) is 6.17. The zero-order valence-corrected chi connectivity index (χ0v) is 12.5. The molecular weight excluding hydrogens is 310 g/mol. The van der Waals surface area contributed by atoms with Crippen LogP contribution < -0.4 is 0 Å². The monoisotopic (exact) mass is 325 g/mol. The van der Waals surface area contributed by atoms with Crippen LogP contribution in [0, 0.1) is 6.92 Å². The quantitative estimate of drug-likeness (QED) is 0.940. The zero-order chi connectivity index (χ0) is 14.0. The summed E-state index contributed by atoms with van der Waals surface area (Å²) in [5.41, 5.74) is 1.53. The van der Waals surface area contributed by atoms with E-state index in [9.17, 15) is 4.79 Å². The second kappa shape index (κ2) is 5.75. The van der Waals surface area contributed by atoms with Crippen LogP contribution in [0.2, 0.25) is 0 Å². The Morgan fingerprint density at radius 3 is 2.84 bits per heavy atom. The number of furan rings is 1. The van der Waals surface area contributed by atoms with Gasteiger partial charge in [0.2, 0.25) is 0 Å². The third kappa shape index (κ3) is 2.67. The Kier molecular flexibility index (Phi) is 4.27. The number of rotatable bonds is 4. The lowest BCUT2D eigenvalue weighted by molar-refractivity contribution is 0.0701. The van der Waals surface area contributed by atoms with E-state index in [4.69, 9.17) is 9.52 Å². The molecule has 0 bridgehead atoms. The van der Waals surface area contributed by atoms with Crippen molar-refractivity contribution in [3.05, 3.63) is 34.0 Å². The van der Waals surface area contributed by atoms with E-state index in [-0.39, 0.29) is 12.5 Å². The van der Waals surface area contributed by atoms with Crippen molar-refractivity contribution in [2.75, 3.05) is 19.7 Å². The lowest BCUT2D eigenvalue weighted by atomic mass is 10.1. The average molecular weight is 326 g/mol. The Hall–Kier alpha value is -1.33. The number of halogens is 1. The van der Waals surface area contributed by atoms with Crippen molar-refractivity contribution in [3.8, 4) is 0 Å². The number of hydrogen-bond donors (Lipinski definition) is 1. The molecule has 2 aromatic rings. The Morgan fingerprint density at radius 1 is 1.47 bits per heavy atom. The van der Waals surface area contributed by atoms with Gasteiger partial charge in [-0.2, -0.15) is 0 Å². The average Bonchev–Trinajstić information content (AvgIpc) is 2.72. The van der Waals surface area contributed by atoms with Gasteiger partial charge in [0.25, 0.3) is 5.91 Å². The third-order valence-corrected chi connectivity index (χ3v) is 3.62. The number of aliphatic hydroxyl groups is 1. The van der Waals surface area contributed by atoms with Gasteiger partial charge in [0, 0.05) is 28.5 Å². The van der Waals surface area contributed by atoms with E-state index in [2.05, 4.69) is 15.9 Å². The summed E-state index contributed by atoms with van der Waals surface area (Å²) in [6, 6.07) is 5.66. The van der Waals surface area contributed by atoms with Crippen molar-refractivity contribution in [2.24, 2.45) is 0 Å². The van der Waals surface area contributed by atoms with Crippen LogP contribution in [0.3, 0.4) is 0 Å². The summed E-state index contributed by atoms with van der Waals surface area (Å²) in [7, 11) is 0. The summed E-state index contributed by atoms with van der Waals surface area (Å²) in [4.78, 5) is 13.9. The number of carbonyl (C=O) groups excluding carboxylic acids is 1. The fraction of sp³-hybridized carbons (Fsp3) is 0.357. The van der Waals surface area contributed by atoms with Crippen molar-refractivity contribution in [1.29, 1.82) is 0 Å². The molecule has 0 fully saturated rings. The fourth-order valence-electron chi connectivity index (χ4n) is 2.06. The minimum Gasteiger partial charge on any atom is -0.451 e. The first-order valence-corrected chi connectivity index (χ1v) is 6.96. The number of benzene rings is 1. The van der Waals surface area contributed by atoms with E-state index in [1.165, 1.54) is 0 Å². The van der Waals surface area contributed by atoms with E-state index in [1.807, 2.05) is 32.0 Å². The van der Waals surface area contributed by atoms with Crippen LogP contribution in [0.5, 0.6) is 0 Å². The second-order valence-corrected chi connectivity index (χ2v) is 5.22. The molecule has 0 aliphatic carbocycles. The number of carbonyl (C=O) groups is 1. The maximum absolute atomic E-state index is 12.4. The molecule has 1 amide bonds. The highest BCUT2D eigenvalue weighted by molar-refractivity contribution is 9.10. The van der Waals surface area contributed by atoms with E-state index in [1.54, 1.807) is 4.90 Å². The van der Waals surface area contributed by atoms with Gasteiger partial charge >= 0.3 is 0 Å². The molecule has 0 saturated heterocycles. The number of aryl methyl sites for hydroxylation is 1. The number of likely N-dealkylation sites (N-methyl/N-ethyl adjacent to an activating group) is 1. The first-order chi connectivity index (χ1) is 9.08. The van der Waals surface area contributed by atoms with Crippen LogP contribution in [-0.4, -0.2) is 35.6 Å². The van der Waals surface area contributed by atoms with Gasteiger partial charge in [0.05, 0.1) is 6.61 Å². The summed E-state index contributed by atoms with van der Waals surface area (Å²) in [6.07, 6.45) is 0. The molecule has 19 heavy (non-hydrogen) atoms. The van der Waals surface area contributed by atoms with E-state index >= 15 is 0 Å². The molecule has 0 spiro atoms. The van der Waals surface area contributed by atoms with Gasteiger partial charge in [-0.3, -0.25) is 4.79 Å². The molecule has 4 nitrogen and oxygen atoms in total. The Bertz CT molecular complexity index is 606. The Balaban J connectivity index is 2.45. The molecule has 0 saturated carbocycles. The standard InChI is InChI=1S/C14H16BrNO3/c1-3-16(6-7-17)14(18)13-9(2)11-8-10(15)4-5-12(11)19-13/h4-5,8,17H,3,6-7H2,1-2H3. The largest absolute Gasteiger partial charge is 0.451 e. The van der Waals surface area contributed by atoms with Crippen LogP contribution in [0.15, 0.2) is 27.1 Å². The minimum absolute atomic E-state index is 0.0512. The molecular formula is C14H16BrNO3. The number of fused-ring (bicyclic) bond motifs is 1. The lowest BCUT2D eigenvalue weighted by Crippen LogP contribution is -2.33. The molecule has 1 N–H and O–H groups in total. The second-order valence-electron chi connectivity index (χ2n) is 4.31. The Labute approximate surface area is 120 Å². The molecule has 2 rings (SSSR count). The molecule has 1 aromatic heterocycles. The van der Waals surface area contributed by atoms with Crippen molar-refractivity contribution in [3.63, 3.8) is 0 Å². The molecule has 1 aromatic carbocycles. The number of aliphatic hydroxyl groups excluding tert-OH is 1. The summed E-state index contributed by atoms with van der Waals surface area (Å²) in [6.45, 7) is 4.56. The molecule has 102 valence electrons. The van der Waals surface area contributed by atoms with Crippen molar-refractivity contribution >= 4 is 32.8 Å². The highest BCUT2D eigenvalue weighted by Gasteiger charge is 2.22. The normalized spacial score (nSPS) is 10.9. The Morgan fingerprint density at radius 2 is 2.21 bits per heavy atom. The topological polar surface area (TPSA) is 53.7 Å². The smallest absolute Gasteiger partial charge is 0.289 e. The summed E-state index contributed by atoms with van der Waals surface area (Å²) in [5, 5.41) is 9.91. The van der Waals surface area contributed by atoms with Gasteiger partial charge in [0.1, 0.15) is 5.58 Å². The number of amides is 1. The molecule has 0 aliphatic heterocycles. The van der Waals surface area contributed by atoms with Crippen LogP contribution >= 0.6 is 15.9 Å². The maximum atomic E-state index is 12.4. The van der Waals surface area contributed by atoms with Gasteiger partial charge in [-0.1, -0.05) is 15.9 Å². The lowest BCUT2D eigenvalue weighted by Gasteiger charge is -2.18. The summed E-state index contributed by atoms with van der Waals surface area (Å²) >= 11 is 3.41. The van der Waals surface area contributed by atoms with Crippen LogP contribution in [0.4, 0.5) is 0 Å². The van der Waals surface area contributed by atoms with Gasteiger partial charge < -0.3 is 14.4 Å². The van der Waals surface area contributed by atoms with Crippen molar-refractivity contribution in [2.45, 2.75) is 13.8 Å². The minimum atomic E-state index is -0.179. The van der Waals surface area contributed by atoms with E-state index in [0.717, 1.165) is 15.4 Å². The van der Waals surface area contributed by atoms with E-state index in [0.29, 0.717) is 24.4 Å². The van der Waals surface area contributed by atoms with Crippen LogP contribution in [-0.2, 0) is 0 Å². The summed E-state index contributed by atoms with van der Waals surface area (Å²) < 4.78 is 6.60. The van der Waals surface area contributed by atoms with Gasteiger partial charge in [-0.05, 0) is 32.0 Å². The molecule has 0 aliphatic rings. The van der Waals surface area contributed by atoms with Gasteiger partial charge in [-0.15, -0.1) is 0 Å². The molecule has 0 atom stereocenters. The van der Waals surface area contributed by atoms with Crippen molar-refractivity contribution < 1.29 is 14.3 Å². The molecule has 0 radical (unpaired) electrons. The SMILES string of the molecule is CCN(CCO)C(=O)c1oc2ccc(Br)cc2c1C. The third-order valence-electron chi connectivity index (χ3n) is 3.13. The number of hydrogen-bond acceptors (Lipinski definition) is 3. The zero-order valence-electron chi connectivity index (χ0n) is 10.9. The van der Waals surface area contributed by atoms with Crippen molar-refractivity contribution in [1.82, 2.24) is 4.90 Å².